The number of anilines is 1. The smallest absolute Gasteiger partial charge is 0.193 e. The fourth-order valence-electron chi connectivity index (χ4n) is 4.64. The fraction of sp³-hybridized carbons (Fsp3) is 0.650. The SMILES string of the molecule is CN=C(NCC1CCN(c2ccccc2)C1)N1CCC2(CCC2)C1.I. The number of guanidine groups is 1. The standard InChI is InChI=1S/C20H30N4.HI/c1-21-19(24-13-11-20(16-24)9-5-10-20)22-14-17-8-12-23(15-17)18-6-3-2-4-7-18;/h2-4,6-7,17H,5,8-16H2,1H3,(H,21,22);1H. The van der Waals surface area contributed by atoms with E-state index >= 15 is 0 Å². The average Bonchev–Trinajstić information content (AvgIpc) is 3.23. The highest BCUT2D eigenvalue weighted by Gasteiger charge is 2.43. The molecule has 1 spiro atoms. The molecule has 0 bridgehead atoms. The van der Waals surface area contributed by atoms with Gasteiger partial charge in [0.2, 0.25) is 0 Å². The fourth-order valence-corrected chi connectivity index (χ4v) is 4.64. The van der Waals surface area contributed by atoms with Crippen LogP contribution in [0.15, 0.2) is 35.3 Å². The molecule has 1 saturated carbocycles. The van der Waals surface area contributed by atoms with Gasteiger partial charge in [0.25, 0.3) is 0 Å². The van der Waals surface area contributed by atoms with Crippen LogP contribution >= 0.6 is 24.0 Å². The van der Waals surface area contributed by atoms with Crippen LogP contribution in [-0.4, -0.2) is 50.6 Å². The molecule has 1 unspecified atom stereocenters. The number of halogens is 1. The maximum absolute atomic E-state index is 4.55. The van der Waals surface area contributed by atoms with Crippen molar-refractivity contribution in [2.45, 2.75) is 32.1 Å². The highest BCUT2D eigenvalue weighted by atomic mass is 127. The molecule has 4 nitrogen and oxygen atoms in total. The lowest BCUT2D eigenvalue weighted by atomic mass is 9.68. The third kappa shape index (κ3) is 4.07. The van der Waals surface area contributed by atoms with Gasteiger partial charge < -0.3 is 15.1 Å². The molecule has 0 radical (unpaired) electrons. The summed E-state index contributed by atoms with van der Waals surface area (Å²) in [5.74, 6) is 1.83. The number of nitrogens with one attached hydrogen (secondary N) is 1. The molecule has 1 aliphatic carbocycles. The van der Waals surface area contributed by atoms with Crippen molar-refractivity contribution in [2.24, 2.45) is 16.3 Å². The van der Waals surface area contributed by atoms with Gasteiger partial charge in [-0.1, -0.05) is 24.6 Å². The van der Waals surface area contributed by atoms with E-state index in [9.17, 15) is 0 Å². The van der Waals surface area contributed by atoms with Crippen molar-refractivity contribution in [1.82, 2.24) is 10.2 Å². The van der Waals surface area contributed by atoms with Crippen LogP contribution < -0.4 is 10.2 Å². The van der Waals surface area contributed by atoms with Crippen molar-refractivity contribution in [3.05, 3.63) is 30.3 Å². The minimum atomic E-state index is 0. The van der Waals surface area contributed by atoms with Gasteiger partial charge in [0.1, 0.15) is 0 Å². The molecule has 1 N–H and O–H groups in total. The molecule has 4 rings (SSSR count). The predicted octanol–water partition coefficient (Wildman–Crippen LogP) is 3.58. The first-order chi connectivity index (χ1) is 11.8. The van der Waals surface area contributed by atoms with Gasteiger partial charge >= 0.3 is 0 Å². The number of hydrogen-bond donors (Lipinski definition) is 1. The molecular weight excluding hydrogens is 423 g/mol. The number of aliphatic imine (C=N–C) groups is 1. The van der Waals surface area contributed by atoms with Crippen LogP contribution in [0.5, 0.6) is 0 Å². The number of benzene rings is 1. The summed E-state index contributed by atoms with van der Waals surface area (Å²) < 4.78 is 0. The summed E-state index contributed by atoms with van der Waals surface area (Å²) in [6.07, 6.45) is 6.91. The van der Waals surface area contributed by atoms with Gasteiger partial charge in [-0.2, -0.15) is 0 Å². The van der Waals surface area contributed by atoms with E-state index in [1.807, 2.05) is 7.05 Å². The molecule has 138 valence electrons. The van der Waals surface area contributed by atoms with Gasteiger partial charge in [0.15, 0.2) is 5.96 Å². The highest BCUT2D eigenvalue weighted by Crippen LogP contribution is 2.47. The molecule has 5 heteroatoms. The lowest BCUT2D eigenvalue weighted by Gasteiger charge is -2.38. The maximum Gasteiger partial charge on any atom is 0.193 e. The minimum Gasteiger partial charge on any atom is -0.371 e. The Balaban J connectivity index is 0.00000182. The summed E-state index contributed by atoms with van der Waals surface area (Å²) >= 11 is 0. The molecule has 1 aromatic rings. The Morgan fingerprint density at radius 1 is 1.20 bits per heavy atom. The molecular formula is C20H31IN4. The summed E-state index contributed by atoms with van der Waals surface area (Å²) in [5, 5.41) is 3.66. The molecule has 1 aromatic carbocycles. The van der Waals surface area contributed by atoms with Crippen LogP contribution in [0.4, 0.5) is 5.69 Å². The molecule has 25 heavy (non-hydrogen) atoms. The summed E-state index contributed by atoms with van der Waals surface area (Å²) in [6.45, 7) is 5.76. The summed E-state index contributed by atoms with van der Waals surface area (Å²) in [6, 6.07) is 10.8. The average molecular weight is 454 g/mol. The van der Waals surface area contributed by atoms with Gasteiger partial charge in [0, 0.05) is 45.5 Å². The number of rotatable bonds is 3. The molecule has 3 fully saturated rings. The van der Waals surface area contributed by atoms with Crippen molar-refractivity contribution in [3.8, 4) is 0 Å². The van der Waals surface area contributed by atoms with Crippen molar-refractivity contribution in [1.29, 1.82) is 0 Å². The zero-order valence-corrected chi connectivity index (χ0v) is 17.6. The van der Waals surface area contributed by atoms with E-state index in [0.29, 0.717) is 11.3 Å². The van der Waals surface area contributed by atoms with Crippen LogP contribution in [0.1, 0.15) is 32.1 Å². The minimum absolute atomic E-state index is 0. The molecule has 0 amide bonds. The quantitative estimate of drug-likeness (QED) is 0.431. The third-order valence-corrected chi connectivity index (χ3v) is 6.32. The first kappa shape index (κ1) is 18.8. The third-order valence-electron chi connectivity index (χ3n) is 6.32. The lowest BCUT2D eigenvalue weighted by molar-refractivity contribution is 0.151. The van der Waals surface area contributed by atoms with E-state index in [-0.39, 0.29) is 24.0 Å². The molecule has 2 aliphatic heterocycles. The van der Waals surface area contributed by atoms with Crippen LogP contribution in [0, 0.1) is 11.3 Å². The Bertz CT molecular complexity index is 585. The Labute approximate surface area is 169 Å². The van der Waals surface area contributed by atoms with Gasteiger partial charge in [-0.15, -0.1) is 24.0 Å². The first-order valence-electron chi connectivity index (χ1n) is 9.54. The van der Waals surface area contributed by atoms with E-state index in [1.54, 1.807) is 0 Å². The van der Waals surface area contributed by atoms with E-state index < -0.39 is 0 Å². The van der Waals surface area contributed by atoms with Gasteiger partial charge in [0.05, 0.1) is 0 Å². The van der Waals surface area contributed by atoms with Crippen LogP contribution in [0.25, 0.3) is 0 Å². The van der Waals surface area contributed by atoms with Crippen molar-refractivity contribution in [3.63, 3.8) is 0 Å². The second-order valence-electron chi connectivity index (χ2n) is 7.89. The molecule has 3 aliphatic rings. The largest absolute Gasteiger partial charge is 0.371 e. The number of nitrogens with zero attached hydrogens (tertiary/aromatic N) is 3. The highest BCUT2D eigenvalue weighted by molar-refractivity contribution is 14.0. The summed E-state index contributed by atoms with van der Waals surface area (Å²) in [5.41, 5.74) is 1.99. The number of para-hydroxylation sites is 1. The van der Waals surface area contributed by atoms with Crippen LogP contribution in [-0.2, 0) is 0 Å². The number of hydrogen-bond acceptors (Lipinski definition) is 2. The Hall–Kier alpha value is -0.980. The first-order valence-corrected chi connectivity index (χ1v) is 9.54. The molecule has 1 atom stereocenters. The zero-order valence-electron chi connectivity index (χ0n) is 15.3. The van der Waals surface area contributed by atoms with Crippen LogP contribution in [0.3, 0.4) is 0 Å². The Morgan fingerprint density at radius 2 is 2.00 bits per heavy atom. The van der Waals surface area contributed by atoms with E-state index in [4.69, 9.17) is 0 Å². The van der Waals surface area contributed by atoms with Gasteiger partial charge in [-0.3, -0.25) is 4.99 Å². The van der Waals surface area contributed by atoms with Crippen molar-refractivity contribution < 1.29 is 0 Å². The van der Waals surface area contributed by atoms with Crippen molar-refractivity contribution >= 4 is 35.6 Å². The molecule has 0 aromatic heterocycles. The van der Waals surface area contributed by atoms with E-state index in [0.717, 1.165) is 19.0 Å². The second-order valence-corrected chi connectivity index (χ2v) is 7.89. The van der Waals surface area contributed by atoms with Gasteiger partial charge in [-0.05, 0) is 49.1 Å². The van der Waals surface area contributed by atoms with Crippen molar-refractivity contribution in [2.75, 3.05) is 44.7 Å². The topological polar surface area (TPSA) is 30.9 Å². The Morgan fingerprint density at radius 3 is 2.64 bits per heavy atom. The maximum atomic E-state index is 4.55. The monoisotopic (exact) mass is 454 g/mol. The lowest BCUT2D eigenvalue weighted by Crippen LogP contribution is -2.44. The van der Waals surface area contributed by atoms with Gasteiger partial charge in [-0.25, -0.2) is 0 Å². The predicted molar refractivity (Wildman–Crippen MR) is 116 cm³/mol. The Kier molecular flexibility index (Phi) is 6.12. The van der Waals surface area contributed by atoms with E-state index in [1.165, 1.54) is 57.4 Å². The summed E-state index contributed by atoms with van der Waals surface area (Å²) in [4.78, 5) is 9.55. The number of likely N-dealkylation sites (tertiary alicyclic amines) is 1. The van der Waals surface area contributed by atoms with Crippen LogP contribution in [0.2, 0.25) is 0 Å². The molecule has 2 heterocycles. The zero-order chi connectivity index (χ0) is 16.4. The normalized spacial score (nSPS) is 25.0. The second kappa shape index (κ2) is 8.14. The summed E-state index contributed by atoms with van der Waals surface area (Å²) in [7, 11) is 1.93. The molecule has 2 saturated heterocycles. The van der Waals surface area contributed by atoms with E-state index in [2.05, 4.69) is 50.4 Å².